The highest BCUT2D eigenvalue weighted by Crippen LogP contribution is 2.33. The Kier molecular flexibility index (Phi) is 3.18. The van der Waals surface area contributed by atoms with E-state index in [1.54, 1.807) is 19.1 Å². The van der Waals surface area contributed by atoms with Crippen molar-refractivity contribution >= 4 is 5.69 Å². The van der Waals surface area contributed by atoms with E-state index >= 15 is 0 Å². The van der Waals surface area contributed by atoms with E-state index in [1.165, 1.54) is 18.3 Å². The molecule has 0 N–H and O–H groups in total. The van der Waals surface area contributed by atoms with Gasteiger partial charge in [-0.25, -0.2) is 4.98 Å². The molecule has 0 aliphatic heterocycles. The Labute approximate surface area is 102 Å². The summed E-state index contributed by atoms with van der Waals surface area (Å²) in [5, 5.41) is 10.9. The lowest BCUT2D eigenvalue weighted by Gasteiger charge is -2.07. The van der Waals surface area contributed by atoms with Gasteiger partial charge in [0.25, 0.3) is 0 Å². The number of ether oxygens (including phenoxy) is 1. The number of hydrogen-bond donors (Lipinski definition) is 0. The monoisotopic (exact) mass is 248 g/mol. The molecule has 0 spiro atoms. The van der Waals surface area contributed by atoms with Crippen LogP contribution in [0.15, 0.2) is 36.5 Å². The standard InChI is InChI=1S/C12H9FN2O3/c1-8-3-2-4-10(12(8)15(16)17)18-9-5-6-14-11(13)7-9/h2-7H,1H3. The molecule has 0 bridgehead atoms. The van der Waals surface area contributed by atoms with E-state index in [4.69, 9.17) is 4.74 Å². The second-order valence-corrected chi connectivity index (χ2v) is 3.60. The fraction of sp³-hybridized carbons (Fsp3) is 0.0833. The predicted octanol–water partition coefficient (Wildman–Crippen LogP) is 3.23. The zero-order chi connectivity index (χ0) is 13.1. The van der Waals surface area contributed by atoms with Crippen LogP contribution in [0.2, 0.25) is 0 Å². The molecule has 0 saturated carbocycles. The Morgan fingerprint density at radius 1 is 1.39 bits per heavy atom. The zero-order valence-electron chi connectivity index (χ0n) is 9.46. The maximum atomic E-state index is 12.9. The van der Waals surface area contributed by atoms with Gasteiger partial charge < -0.3 is 4.74 Å². The zero-order valence-corrected chi connectivity index (χ0v) is 9.46. The Morgan fingerprint density at radius 2 is 2.17 bits per heavy atom. The highest BCUT2D eigenvalue weighted by molar-refractivity contribution is 5.53. The van der Waals surface area contributed by atoms with Crippen molar-refractivity contribution in [1.82, 2.24) is 4.98 Å². The molecular weight excluding hydrogens is 239 g/mol. The van der Waals surface area contributed by atoms with Gasteiger partial charge in [-0.3, -0.25) is 10.1 Å². The molecule has 18 heavy (non-hydrogen) atoms. The molecule has 5 nitrogen and oxygen atoms in total. The van der Waals surface area contributed by atoms with Gasteiger partial charge in [0.15, 0.2) is 0 Å². The summed E-state index contributed by atoms with van der Waals surface area (Å²) >= 11 is 0. The number of nitro groups is 1. The molecule has 0 unspecified atom stereocenters. The van der Waals surface area contributed by atoms with Gasteiger partial charge in [0.05, 0.1) is 4.92 Å². The first-order valence-electron chi connectivity index (χ1n) is 5.11. The van der Waals surface area contributed by atoms with Crippen molar-refractivity contribution in [1.29, 1.82) is 0 Å². The van der Waals surface area contributed by atoms with Crippen LogP contribution in [0.25, 0.3) is 0 Å². The van der Waals surface area contributed by atoms with Gasteiger partial charge in [-0.05, 0) is 19.1 Å². The Bertz CT molecular complexity index is 602. The van der Waals surface area contributed by atoms with E-state index in [9.17, 15) is 14.5 Å². The molecule has 0 saturated heterocycles. The van der Waals surface area contributed by atoms with Gasteiger partial charge >= 0.3 is 5.69 Å². The fourth-order valence-electron chi connectivity index (χ4n) is 1.52. The lowest BCUT2D eigenvalue weighted by Crippen LogP contribution is -1.96. The highest BCUT2D eigenvalue weighted by Gasteiger charge is 2.18. The number of halogens is 1. The van der Waals surface area contributed by atoms with E-state index in [-0.39, 0.29) is 17.2 Å². The van der Waals surface area contributed by atoms with Crippen LogP contribution in [-0.2, 0) is 0 Å². The SMILES string of the molecule is Cc1cccc(Oc2ccnc(F)c2)c1[N+](=O)[O-]. The molecule has 0 aliphatic rings. The van der Waals surface area contributed by atoms with Gasteiger partial charge in [0.2, 0.25) is 11.7 Å². The summed E-state index contributed by atoms with van der Waals surface area (Å²) in [6.07, 6.45) is 1.23. The molecule has 1 aromatic carbocycles. The Balaban J connectivity index is 2.40. The summed E-state index contributed by atoms with van der Waals surface area (Å²) in [7, 11) is 0. The molecule has 2 rings (SSSR count). The molecule has 92 valence electrons. The van der Waals surface area contributed by atoms with Gasteiger partial charge in [0.1, 0.15) is 5.75 Å². The number of rotatable bonds is 3. The molecule has 0 radical (unpaired) electrons. The summed E-state index contributed by atoms with van der Waals surface area (Å²) in [6, 6.07) is 7.19. The minimum Gasteiger partial charge on any atom is -0.450 e. The van der Waals surface area contributed by atoms with E-state index in [0.717, 1.165) is 6.07 Å². The third kappa shape index (κ3) is 2.42. The summed E-state index contributed by atoms with van der Waals surface area (Å²) in [5.74, 6) is -0.468. The average molecular weight is 248 g/mol. The Hall–Kier alpha value is -2.50. The largest absolute Gasteiger partial charge is 0.450 e. The molecule has 1 aromatic heterocycles. The molecule has 1 heterocycles. The van der Waals surface area contributed by atoms with Crippen molar-refractivity contribution in [2.45, 2.75) is 6.92 Å². The highest BCUT2D eigenvalue weighted by atomic mass is 19.1. The van der Waals surface area contributed by atoms with Gasteiger partial charge in [-0.1, -0.05) is 12.1 Å². The first kappa shape index (κ1) is 12.0. The topological polar surface area (TPSA) is 65.3 Å². The van der Waals surface area contributed by atoms with Crippen molar-refractivity contribution in [2.24, 2.45) is 0 Å². The number of benzene rings is 1. The van der Waals surface area contributed by atoms with Crippen molar-refractivity contribution in [3.05, 3.63) is 58.2 Å². The van der Waals surface area contributed by atoms with Gasteiger partial charge in [-0.15, -0.1) is 0 Å². The fourth-order valence-corrected chi connectivity index (χ4v) is 1.52. The molecule has 0 amide bonds. The van der Waals surface area contributed by atoms with Crippen LogP contribution in [0.1, 0.15) is 5.56 Å². The van der Waals surface area contributed by atoms with E-state index < -0.39 is 10.9 Å². The third-order valence-electron chi connectivity index (χ3n) is 2.31. The maximum Gasteiger partial charge on any atom is 0.314 e. The van der Waals surface area contributed by atoms with Crippen LogP contribution in [0.5, 0.6) is 11.5 Å². The molecule has 0 fully saturated rings. The number of aryl methyl sites for hydroxylation is 1. The van der Waals surface area contributed by atoms with Gasteiger partial charge in [-0.2, -0.15) is 4.39 Å². The molecular formula is C12H9FN2O3. The molecule has 6 heteroatoms. The second-order valence-electron chi connectivity index (χ2n) is 3.60. The lowest BCUT2D eigenvalue weighted by atomic mass is 10.2. The van der Waals surface area contributed by atoms with Gasteiger partial charge in [0, 0.05) is 17.8 Å². The van der Waals surface area contributed by atoms with E-state index in [0.29, 0.717) is 5.56 Å². The van der Waals surface area contributed by atoms with Crippen molar-refractivity contribution in [3.8, 4) is 11.5 Å². The molecule has 0 atom stereocenters. The quantitative estimate of drug-likeness (QED) is 0.475. The first-order chi connectivity index (χ1) is 8.58. The number of para-hydroxylation sites is 1. The summed E-state index contributed by atoms with van der Waals surface area (Å²) in [6.45, 7) is 1.61. The van der Waals surface area contributed by atoms with Crippen molar-refractivity contribution < 1.29 is 14.1 Å². The number of nitro benzene ring substituents is 1. The van der Waals surface area contributed by atoms with Crippen LogP contribution in [0, 0.1) is 23.0 Å². The molecule has 2 aromatic rings. The second kappa shape index (κ2) is 4.79. The van der Waals surface area contributed by atoms with Crippen LogP contribution in [0.3, 0.4) is 0 Å². The van der Waals surface area contributed by atoms with Crippen LogP contribution in [0.4, 0.5) is 10.1 Å². The van der Waals surface area contributed by atoms with Crippen LogP contribution >= 0.6 is 0 Å². The number of pyridine rings is 1. The van der Waals surface area contributed by atoms with Crippen LogP contribution < -0.4 is 4.74 Å². The van der Waals surface area contributed by atoms with E-state index in [2.05, 4.69) is 4.98 Å². The minimum absolute atomic E-state index is 0.0746. The van der Waals surface area contributed by atoms with Crippen molar-refractivity contribution in [3.63, 3.8) is 0 Å². The number of aromatic nitrogens is 1. The average Bonchev–Trinajstić information content (AvgIpc) is 2.28. The number of hydrogen-bond acceptors (Lipinski definition) is 4. The normalized spacial score (nSPS) is 10.1. The Morgan fingerprint density at radius 3 is 2.83 bits per heavy atom. The molecule has 0 aliphatic carbocycles. The van der Waals surface area contributed by atoms with Crippen LogP contribution in [-0.4, -0.2) is 9.91 Å². The smallest absolute Gasteiger partial charge is 0.314 e. The maximum absolute atomic E-state index is 12.9. The summed E-state index contributed by atoms with van der Waals surface area (Å²) in [4.78, 5) is 13.8. The first-order valence-corrected chi connectivity index (χ1v) is 5.11. The summed E-state index contributed by atoms with van der Waals surface area (Å²) in [5.41, 5.74) is 0.349. The number of nitrogens with zero attached hydrogens (tertiary/aromatic N) is 2. The lowest BCUT2D eigenvalue weighted by molar-refractivity contribution is -0.386. The predicted molar refractivity (Wildman–Crippen MR) is 62.1 cm³/mol. The van der Waals surface area contributed by atoms with E-state index in [1.807, 2.05) is 0 Å². The summed E-state index contributed by atoms with van der Waals surface area (Å²) < 4.78 is 18.2. The minimum atomic E-state index is -0.706. The van der Waals surface area contributed by atoms with Crippen molar-refractivity contribution in [2.75, 3.05) is 0 Å². The third-order valence-corrected chi connectivity index (χ3v) is 2.31.